The van der Waals surface area contributed by atoms with Crippen LogP contribution in [0.25, 0.3) is 0 Å². The highest BCUT2D eigenvalue weighted by molar-refractivity contribution is 7.89. The van der Waals surface area contributed by atoms with Gasteiger partial charge in [0.05, 0.1) is 11.4 Å². The lowest BCUT2D eigenvalue weighted by molar-refractivity contribution is 0.101. The predicted molar refractivity (Wildman–Crippen MR) is 108 cm³/mol. The van der Waals surface area contributed by atoms with Crippen molar-refractivity contribution in [1.82, 2.24) is 4.31 Å². The highest BCUT2D eigenvalue weighted by Crippen LogP contribution is 2.24. The maximum absolute atomic E-state index is 12.9. The second-order valence-electron chi connectivity index (χ2n) is 6.92. The smallest absolute Gasteiger partial charge is 0.243 e. The minimum absolute atomic E-state index is 0.0753. The number of sulfonamides is 1. The summed E-state index contributed by atoms with van der Waals surface area (Å²) in [5.41, 5.74) is 1.15. The molecule has 1 unspecified atom stereocenters. The second-order valence-corrected chi connectivity index (χ2v) is 9.30. The quantitative estimate of drug-likeness (QED) is 0.735. The maximum Gasteiger partial charge on any atom is 0.243 e. The summed E-state index contributed by atoms with van der Waals surface area (Å²) < 4.78 is 27.3. The van der Waals surface area contributed by atoms with Crippen molar-refractivity contribution < 1.29 is 13.2 Å². The Kier molecular flexibility index (Phi) is 6.19. The Labute approximate surface area is 165 Å². The highest BCUT2D eigenvalue weighted by atomic mass is 35.5. The van der Waals surface area contributed by atoms with Gasteiger partial charge in [-0.05, 0) is 55.2 Å². The lowest BCUT2D eigenvalue weighted by Gasteiger charge is -2.30. The molecular formula is C20H23ClN2O3S. The molecule has 1 aliphatic rings. The molecule has 1 N–H and O–H groups in total. The predicted octanol–water partition coefficient (Wildman–Crippen LogP) is 4.06. The molecular weight excluding hydrogens is 384 g/mol. The van der Waals surface area contributed by atoms with Gasteiger partial charge < -0.3 is 5.32 Å². The van der Waals surface area contributed by atoms with Crippen LogP contribution in [0.4, 0.5) is 5.69 Å². The molecule has 0 radical (unpaired) electrons. The summed E-state index contributed by atoms with van der Waals surface area (Å²) in [4.78, 5) is 12.7. The Morgan fingerprint density at radius 3 is 2.67 bits per heavy atom. The van der Waals surface area contributed by atoms with Crippen LogP contribution in [-0.2, 0) is 10.0 Å². The summed E-state index contributed by atoms with van der Waals surface area (Å²) in [5.74, 6) is 0.177. The molecule has 5 nitrogen and oxygen atoms in total. The van der Waals surface area contributed by atoms with Crippen molar-refractivity contribution in [2.24, 2.45) is 5.92 Å². The van der Waals surface area contributed by atoms with Crippen LogP contribution in [0, 0.1) is 5.92 Å². The molecule has 0 saturated carbocycles. The molecule has 0 aromatic heterocycles. The molecule has 0 amide bonds. The van der Waals surface area contributed by atoms with Gasteiger partial charge in [-0.3, -0.25) is 4.79 Å². The first-order valence-corrected chi connectivity index (χ1v) is 10.8. The van der Waals surface area contributed by atoms with Crippen LogP contribution in [0.15, 0.2) is 53.4 Å². The Morgan fingerprint density at radius 2 is 1.96 bits per heavy atom. The fourth-order valence-corrected chi connectivity index (χ4v) is 4.97. The van der Waals surface area contributed by atoms with E-state index < -0.39 is 10.0 Å². The zero-order chi connectivity index (χ0) is 19.4. The number of halogens is 1. The van der Waals surface area contributed by atoms with Gasteiger partial charge in [0.15, 0.2) is 5.78 Å². The fraction of sp³-hybridized carbons (Fsp3) is 0.350. The molecule has 144 valence electrons. The van der Waals surface area contributed by atoms with Gasteiger partial charge in [-0.25, -0.2) is 8.42 Å². The normalized spacial score (nSPS) is 18.2. The van der Waals surface area contributed by atoms with Gasteiger partial charge in [0.2, 0.25) is 10.0 Å². The van der Waals surface area contributed by atoms with Gasteiger partial charge >= 0.3 is 0 Å². The van der Waals surface area contributed by atoms with Crippen molar-refractivity contribution in [1.29, 1.82) is 0 Å². The molecule has 1 aliphatic heterocycles. The summed E-state index contributed by atoms with van der Waals surface area (Å²) in [6, 6.07) is 13.3. The summed E-state index contributed by atoms with van der Waals surface area (Å²) in [6.07, 6.45) is 1.91. The van der Waals surface area contributed by atoms with Crippen molar-refractivity contribution in [3.05, 3.63) is 59.1 Å². The monoisotopic (exact) mass is 406 g/mol. The Hall–Kier alpha value is -1.89. The highest BCUT2D eigenvalue weighted by Gasteiger charge is 2.29. The van der Waals surface area contributed by atoms with Crippen molar-refractivity contribution in [3.8, 4) is 0 Å². The molecule has 1 fully saturated rings. The summed E-state index contributed by atoms with van der Waals surface area (Å²) >= 11 is 5.85. The number of hydrogen-bond acceptors (Lipinski definition) is 4. The molecule has 1 heterocycles. The number of piperidine rings is 1. The molecule has 2 aromatic rings. The van der Waals surface area contributed by atoms with Gasteiger partial charge in [-0.2, -0.15) is 4.31 Å². The third-order valence-electron chi connectivity index (χ3n) is 4.71. The van der Waals surface area contributed by atoms with E-state index in [2.05, 4.69) is 12.2 Å². The number of benzene rings is 2. The number of nitrogens with one attached hydrogen (secondary N) is 1. The van der Waals surface area contributed by atoms with E-state index in [4.69, 9.17) is 11.6 Å². The molecule has 0 aliphatic carbocycles. The average Bonchev–Trinajstić information content (AvgIpc) is 2.67. The first-order chi connectivity index (χ1) is 12.9. The van der Waals surface area contributed by atoms with Crippen molar-refractivity contribution in [3.63, 3.8) is 0 Å². The molecule has 27 heavy (non-hydrogen) atoms. The zero-order valence-corrected chi connectivity index (χ0v) is 16.8. The third kappa shape index (κ3) is 4.89. The number of nitrogens with zero attached hydrogens (tertiary/aromatic N) is 1. The summed E-state index contributed by atoms with van der Waals surface area (Å²) in [6.45, 7) is 3.19. The van der Waals surface area contributed by atoms with Crippen LogP contribution in [0.3, 0.4) is 0 Å². The van der Waals surface area contributed by atoms with Gasteiger partial charge in [0.1, 0.15) is 0 Å². The van der Waals surface area contributed by atoms with Crippen LogP contribution in [0.1, 0.15) is 30.1 Å². The van der Waals surface area contributed by atoms with E-state index in [1.165, 1.54) is 10.4 Å². The van der Waals surface area contributed by atoms with Crippen molar-refractivity contribution >= 4 is 33.1 Å². The number of carbonyl (C=O) groups is 1. The number of anilines is 1. The Balaban J connectivity index is 1.72. The number of ketones is 1. The van der Waals surface area contributed by atoms with E-state index in [1.807, 2.05) is 0 Å². The van der Waals surface area contributed by atoms with Gasteiger partial charge in [-0.15, -0.1) is 0 Å². The molecule has 0 spiro atoms. The van der Waals surface area contributed by atoms with Crippen LogP contribution < -0.4 is 5.32 Å². The number of hydrogen-bond donors (Lipinski definition) is 1. The standard InChI is InChI=1S/C20H23ClN2O3S/c1-15-4-3-11-23(14-15)27(25,26)19-6-2-5-16(12-19)20(24)13-22-18-9-7-17(21)8-10-18/h2,5-10,12,15,22H,3-4,11,13-14H2,1H3. The number of carbonyl (C=O) groups excluding carboxylic acids is 1. The molecule has 7 heteroatoms. The SMILES string of the molecule is CC1CCCN(S(=O)(=O)c2cccc(C(=O)CNc3ccc(Cl)cc3)c2)C1. The fourth-order valence-electron chi connectivity index (χ4n) is 3.20. The van der Waals surface area contributed by atoms with E-state index in [9.17, 15) is 13.2 Å². The van der Waals surface area contributed by atoms with Crippen molar-refractivity contribution in [2.45, 2.75) is 24.7 Å². The van der Waals surface area contributed by atoms with E-state index in [1.54, 1.807) is 42.5 Å². The lowest BCUT2D eigenvalue weighted by atomic mass is 10.0. The maximum atomic E-state index is 12.9. The number of Topliss-reactive ketones (excluding diaryl/α,β-unsaturated/α-hetero) is 1. The van der Waals surface area contributed by atoms with Crippen LogP contribution in [-0.4, -0.2) is 38.1 Å². The van der Waals surface area contributed by atoms with Gasteiger partial charge in [0.25, 0.3) is 0 Å². The number of rotatable bonds is 6. The average molecular weight is 407 g/mol. The topological polar surface area (TPSA) is 66.5 Å². The largest absolute Gasteiger partial charge is 0.378 e. The molecule has 1 saturated heterocycles. The van der Waals surface area contributed by atoms with Gasteiger partial charge in [-0.1, -0.05) is 30.7 Å². The van der Waals surface area contributed by atoms with E-state index in [-0.39, 0.29) is 17.2 Å². The van der Waals surface area contributed by atoms with E-state index in [0.717, 1.165) is 18.5 Å². The molecule has 1 atom stereocenters. The Morgan fingerprint density at radius 1 is 1.22 bits per heavy atom. The minimum atomic E-state index is -3.58. The molecule has 0 bridgehead atoms. The van der Waals surface area contributed by atoms with E-state index in [0.29, 0.717) is 29.6 Å². The second kappa shape index (κ2) is 8.42. The van der Waals surface area contributed by atoms with Crippen LogP contribution >= 0.6 is 11.6 Å². The minimum Gasteiger partial charge on any atom is -0.378 e. The first kappa shape index (κ1) is 19.9. The van der Waals surface area contributed by atoms with Gasteiger partial charge in [0, 0.05) is 29.4 Å². The third-order valence-corrected chi connectivity index (χ3v) is 6.82. The van der Waals surface area contributed by atoms with Crippen molar-refractivity contribution in [2.75, 3.05) is 25.0 Å². The van der Waals surface area contributed by atoms with Crippen LogP contribution in [0.5, 0.6) is 0 Å². The first-order valence-electron chi connectivity index (χ1n) is 8.99. The van der Waals surface area contributed by atoms with E-state index >= 15 is 0 Å². The zero-order valence-electron chi connectivity index (χ0n) is 15.2. The summed E-state index contributed by atoms with van der Waals surface area (Å²) in [7, 11) is -3.58. The van der Waals surface area contributed by atoms with Crippen LogP contribution in [0.2, 0.25) is 5.02 Å². The lowest BCUT2D eigenvalue weighted by Crippen LogP contribution is -2.39. The molecule has 2 aromatic carbocycles. The molecule has 3 rings (SSSR count). The summed E-state index contributed by atoms with van der Waals surface area (Å²) in [5, 5.41) is 3.65. The Bertz CT molecular complexity index is 913.